The third-order valence-electron chi connectivity index (χ3n) is 2.42. The summed E-state index contributed by atoms with van der Waals surface area (Å²) in [6.45, 7) is 0.0303. The summed E-state index contributed by atoms with van der Waals surface area (Å²) in [5.41, 5.74) is 0.487. The molecule has 1 amide bonds. The Hall–Kier alpha value is -1.71. The lowest BCUT2D eigenvalue weighted by Gasteiger charge is -2.06. The van der Waals surface area contributed by atoms with E-state index in [1.807, 2.05) is 0 Å². The van der Waals surface area contributed by atoms with Crippen LogP contribution in [0, 0.1) is 17.7 Å². The van der Waals surface area contributed by atoms with Gasteiger partial charge in [-0.1, -0.05) is 11.8 Å². The number of aliphatic hydroxyl groups excluding tert-OH is 1. The van der Waals surface area contributed by atoms with Crippen LogP contribution in [0.4, 0.5) is 4.39 Å². The van der Waals surface area contributed by atoms with Crippen molar-refractivity contribution < 1.29 is 18.5 Å². The zero-order valence-electron chi connectivity index (χ0n) is 11.1. The maximum atomic E-state index is 13.1. The van der Waals surface area contributed by atoms with E-state index in [0.29, 0.717) is 18.7 Å². The predicted molar refractivity (Wildman–Crippen MR) is 76.2 cm³/mol. The summed E-state index contributed by atoms with van der Waals surface area (Å²) >= 11 is 0. The summed E-state index contributed by atoms with van der Waals surface area (Å²) in [4.78, 5) is 11.9. The topological polar surface area (TPSA) is 66.4 Å². The van der Waals surface area contributed by atoms with Crippen molar-refractivity contribution in [3.63, 3.8) is 0 Å². The Morgan fingerprint density at radius 1 is 1.50 bits per heavy atom. The highest BCUT2D eigenvalue weighted by Gasteiger charge is 2.10. The maximum absolute atomic E-state index is 13.1. The Balaban J connectivity index is 2.74. The normalized spacial score (nSPS) is 11.3. The van der Waals surface area contributed by atoms with Crippen LogP contribution in [0.5, 0.6) is 0 Å². The molecular weight excluding hydrogens is 281 g/mol. The minimum absolute atomic E-state index is 0.232. The van der Waals surface area contributed by atoms with Gasteiger partial charge in [-0.15, -0.1) is 0 Å². The molecule has 0 aliphatic rings. The number of carbonyl (C=O) groups excluding carboxylic acids is 1. The first-order chi connectivity index (χ1) is 9.54. The molecule has 20 heavy (non-hydrogen) atoms. The lowest BCUT2D eigenvalue weighted by molar-refractivity contribution is 0.0953. The number of amides is 1. The second-order valence-electron chi connectivity index (χ2n) is 4.04. The van der Waals surface area contributed by atoms with Crippen molar-refractivity contribution in [3.05, 3.63) is 35.1 Å². The third kappa shape index (κ3) is 5.51. The van der Waals surface area contributed by atoms with Gasteiger partial charge in [0.2, 0.25) is 0 Å². The summed E-state index contributed by atoms with van der Waals surface area (Å²) in [6, 6.07) is 3.68. The highest BCUT2D eigenvalue weighted by molar-refractivity contribution is 7.84. The molecule has 4 nitrogen and oxygen atoms in total. The van der Waals surface area contributed by atoms with Gasteiger partial charge in [-0.2, -0.15) is 0 Å². The Labute approximate surface area is 119 Å². The molecule has 0 heterocycles. The highest BCUT2D eigenvalue weighted by atomic mass is 32.2. The fourth-order valence-electron chi connectivity index (χ4n) is 1.53. The van der Waals surface area contributed by atoms with Crippen molar-refractivity contribution >= 4 is 16.7 Å². The molecule has 0 bridgehead atoms. The molecule has 0 aliphatic heterocycles. The van der Waals surface area contributed by atoms with Crippen LogP contribution < -0.4 is 5.32 Å². The zero-order valence-corrected chi connectivity index (χ0v) is 11.9. The Kier molecular flexibility index (Phi) is 6.91. The van der Waals surface area contributed by atoms with Gasteiger partial charge in [-0.25, -0.2) is 4.39 Å². The number of halogens is 1. The van der Waals surface area contributed by atoms with E-state index < -0.39 is 16.6 Å². The summed E-state index contributed by atoms with van der Waals surface area (Å²) in [7, 11) is -0.888. The van der Waals surface area contributed by atoms with Crippen LogP contribution >= 0.6 is 0 Å². The van der Waals surface area contributed by atoms with Gasteiger partial charge >= 0.3 is 0 Å². The van der Waals surface area contributed by atoms with Crippen LogP contribution in [-0.2, 0) is 10.8 Å². The van der Waals surface area contributed by atoms with Crippen molar-refractivity contribution in [2.45, 2.75) is 6.42 Å². The van der Waals surface area contributed by atoms with E-state index in [2.05, 4.69) is 17.2 Å². The largest absolute Gasteiger partial charge is 0.384 e. The number of benzene rings is 1. The molecule has 1 atom stereocenters. The predicted octanol–water partition coefficient (Wildman–Crippen LogP) is 0.668. The van der Waals surface area contributed by atoms with E-state index in [1.165, 1.54) is 12.1 Å². The highest BCUT2D eigenvalue weighted by Crippen LogP contribution is 2.10. The van der Waals surface area contributed by atoms with E-state index >= 15 is 0 Å². The smallest absolute Gasteiger partial charge is 0.252 e. The fraction of sp³-hybridized carbons (Fsp3) is 0.357. The molecule has 0 saturated carbocycles. The van der Waals surface area contributed by atoms with Crippen LogP contribution in [0.15, 0.2) is 18.2 Å². The fourth-order valence-corrected chi connectivity index (χ4v) is 2.08. The van der Waals surface area contributed by atoms with Crippen molar-refractivity contribution in [2.75, 3.05) is 25.2 Å². The molecule has 1 aromatic carbocycles. The Bertz CT molecular complexity index is 563. The molecule has 0 aliphatic carbocycles. The van der Waals surface area contributed by atoms with Gasteiger partial charge < -0.3 is 10.4 Å². The quantitative estimate of drug-likeness (QED) is 0.620. The van der Waals surface area contributed by atoms with Gasteiger partial charge in [0.05, 0.1) is 5.56 Å². The van der Waals surface area contributed by atoms with E-state index in [1.54, 1.807) is 6.26 Å². The van der Waals surface area contributed by atoms with Gasteiger partial charge in [-0.3, -0.25) is 9.00 Å². The first-order valence-corrected chi connectivity index (χ1v) is 7.75. The van der Waals surface area contributed by atoms with Crippen LogP contribution in [0.3, 0.4) is 0 Å². The van der Waals surface area contributed by atoms with Crippen molar-refractivity contribution in [2.24, 2.45) is 0 Å². The average Bonchev–Trinajstić information content (AvgIpc) is 2.41. The average molecular weight is 297 g/mol. The summed E-state index contributed by atoms with van der Waals surface area (Å²) in [5, 5.41) is 11.3. The van der Waals surface area contributed by atoms with Gasteiger partial charge in [0, 0.05) is 34.9 Å². The lowest BCUT2D eigenvalue weighted by atomic mass is 10.1. The van der Waals surface area contributed by atoms with Crippen molar-refractivity contribution in [1.29, 1.82) is 0 Å². The molecule has 1 rings (SSSR count). The minimum atomic E-state index is -0.888. The van der Waals surface area contributed by atoms with E-state index in [4.69, 9.17) is 5.11 Å². The van der Waals surface area contributed by atoms with E-state index in [-0.39, 0.29) is 23.6 Å². The zero-order chi connectivity index (χ0) is 15.0. The van der Waals surface area contributed by atoms with Gasteiger partial charge in [0.1, 0.15) is 12.4 Å². The summed E-state index contributed by atoms with van der Waals surface area (Å²) in [5.74, 6) is 4.58. The Morgan fingerprint density at radius 3 is 2.90 bits per heavy atom. The van der Waals surface area contributed by atoms with E-state index in [0.717, 1.165) is 6.07 Å². The van der Waals surface area contributed by atoms with Crippen LogP contribution in [0.2, 0.25) is 0 Å². The van der Waals surface area contributed by atoms with Gasteiger partial charge in [-0.05, 0) is 24.6 Å². The molecule has 0 saturated heterocycles. The molecule has 1 aromatic rings. The number of aliphatic hydroxyl groups is 1. The van der Waals surface area contributed by atoms with Gasteiger partial charge in [0.25, 0.3) is 5.91 Å². The summed E-state index contributed by atoms with van der Waals surface area (Å²) < 4.78 is 24.0. The number of rotatable bonds is 5. The summed E-state index contributed by atoms with van der Waals surface area (Å²) in [6.07, 6.45) is 2.21. The second kappa shape index (κ2) is 8.46. The monoisotopic (exact) mass is 297 g/mol. The molecule has 0 spiro atoms. The number of nitrogens with one attached hydrogen (secondary N) is 1. The lowest BCUT2D eigenvalue weighted by Crippen LogP contribution is -2.26. The third-order valence-corrected chi connectivity index (χ3v) is 3.29. The van der Waals surface area contributed by atoms with Gasteiger partial charge in [0.15, 0.2) is 0 Å². The Morgan fingerprint density at radius 2 is 2.25 bits per heavy atom. The number of carbonyl (C=O) groups is 1. The molecule has 6 heteroatoms. The molecule has 0 radical (unpaired) electrons. The molecule has 2 N–H and O–H groups in total. The SMILES string of the molecule is CS(=O)CCCNC(=O)c1ccc(F)cc1C#CCO. The van der Waals surface area contributed by atoms with Crippen molar-refractivity contribution in [3.8, 4) is 11.8 Å². The molecule has 1 unspecified atom stereocenters. The van der Waals surface area contributed by atoms with E-state index in [9.17, 15) is 13.4 Å². The second-order valence-corrected chi connectivity index (χ2v) is 5.59. The standard InChI is InChI=1S/C14H16FNO3S/c1-20(19)9-3-7-16-14(18)13-6-5-12(15)10-11(13)4-2-8-17/h5-6,10,17H,3,7-9H2,1H3,(H,16,18). The number of hydrogen-bond donors (Lipinski definition) is 2. The maximum Gasteiger partial charge on any atom is 0.252 e. The molecular formula is C14H16FNO3S. The first-order valence-electron chi connectivity index (χ1n) is 6.02. The molecule has 0 fully saturated rings. The van der Waals surface area contributed by atoms with Crippen LogP contribution in [0.25, 0.3) is 0 Å². The molecule has 108 valence electrons. The molecule has 0 aromatic heterocycles. The minimum Gasteiger partial charge on any atom is -0.384 e. The van der Waals surface area contributed by atoms with Crippen LogP contribution in [-0.4, -0.2) is 40.4 Å². The number of hydrogen-bond acceptors (Lipinski definition) is 3. The van der Waals surface area contributed by atoms with Crippen LogP contribution in [0.1, 0.15) is 22.3 Å². The first kappa shape index (κ1) is 16.3. The van der Waals surface area contributed by atoms with Crippen molar-refractivity contribution in [1.82, 2.24) is 5.32 Å².